The summed E-state index contributed by atoms with van der Waals surface area (Å²) in [6, 6.07) is 0. The van der Waals surface area contributed by atoms with Gasteiger partial charge in [-0.1, -0.05) is 6.08 Å². The van der Waals surface area contributed by atoms with E-state index in [0.717, 1.165) is 12.8 Å². The first-order valence-electron chi connectivity index (χ1n) is 3.57. The van der Waals surface area contributed by atoms with Crippen LogP contribution in [0.25, 0.3) is 0 Å². The number of carbonyl (C=O) groups is 1. The molecule has 0 amide bonds. The number of ketones is 1. The molecule has 0 spiro atoms. The molecule has 0 aromatic rings. The number of aliphatic hydroxyl groups excluding tert-OH is 1. The Morgan fingerprint density at radius 2 is 2.20 bits per heavy atom. The van der Waals surface area contributed by atoms with Crippen molar-refractivity contribution in [3.8, 4) is 0 Å². The second kappa shape index (κ2) is 6.49. The first-order chi connectivity index (χ1) is 4.81. The van der Waals surface area contributed by atoms with E-state index in [4.69, 9.17) is 5.11 Å². The van der Waals surface area contributed by atoms with Gasteiger partial charge in [0.1, 0.15) is 0 Å². The molecule has 0 saturated heterocycles. The highest BCUT2D eigenvalue weighted by molar-refractivity contribution is 5.89. The minimum Gasteiger partial charge on any atom is -0.396 e. The maximum Gasteiger partial charge on any atom is 0.155 e. The molecular formula is C8H14O2. The van der Waals surface area contributed by atoms with Gasteiger partial charge in [-0.25, -0.2) is 0 Å². The van der Waals surface area contributed by atoms with Gasteiger partial charge in [0.15, 0.2) is 5.78 Å². The Kier molecular flexibility index (Phi) is 6.08. The Balaban J connectivity index is 3.22. The average Bonchev–Trinajstić information content (AvgIpc) is 1.89. The lowest BCUT2D eigenvalue weighted by molar-refractivity contribution is -0.114. The molecule has 2 heteroatoms. The SMILES string of the molecule is C/C=C/C(=O)CCCCO. The predicted molar refractivity (Wildman–Crippen MR) is 40.8 cm³/mol. The number of hydrogen-bond acceptors (Lipinski definition) is 2. The van der Waals surface area contributed by atoms with Crippen LogP contribution in [0.5, 0.6) is 0 Å². The van der Waals surface area contributed by atoms with E-state index < -0.39 is 0 Å². The molecule has 0 heterocycles. The van der Waals surface area contributed by atoms with Crippen molar-refractivity contribution in [2.24, 2.45) is 0 Å². The first-order valence-corrected chi connectivity index (χ1v) is 3.57. The van der Waals surface area contributed by atoms with E-state index in [1.54, 1.807) is 12.2 Å². The first kappa shape index (κ1) is 9.37. The quantitative estimate of drug-likeness (QED) is 0.464. The number of unbranched alkanes of at least 4 members (excludes halogenated alkanes) is 1. The van der Waals surface area contributed by atoms with Crippen LogP contribution in [-0.4, -0.2) is 17.5 Å². The maximum atomic E-state index is 10.7. The lowest BCUT2D eigenvalue weighted by atomic mass is 10.2. The zero-order valence-corrected chi connectivity index (χ0v) is 6.34. The van der Waals surface area contributed by atoms with E-state index in [1.807, 2.05) is 6.92 Å². The molecule has 58 valence electrons. The Hall–Kier alpha value is -0.630. The molecule has 2 nitrogen and oxygen atoms in total. The summed E-state index contributed by atoms with van der Waals surface area (Å²) in [6.07, 6.45) is 5.38. The Morgan fingerprint density at radius 3 is 2.70 bits per heavy atom. The summed E-state index contributed by atoms with van der Waals surface area (Å²) < 4.78 is 0. The van der Waals surface area contributed by atoms with Crippen molar-refractivity contribution < 1.29 is 9.90 Å². The van der Waals surface area contributed by atoms with E-state index in [0.29, 0.717) is 6.42 Å². The van der Waals surface area contributed by atoms with Crippen LogP contribution >= 0.6 is 0 Å². The smallest absolute Gasteiger partial charge is 0.155 e. The third-order valence-corrected chi connectivity index (χ3v) is 1.18. The number of carbonyl (C=O) groups excluding carboxylic acids is 1. The van der Waals surface area contributed by atoms with Gasteiger partial charge in [0, 0.05) is 13.0 Å². The Labute approximate surface area is 61.6 Å². The van der Waals surface area contributed by atoms with Crippen LogP contribution in [0.15, 0.2) is 12.2 Å². The summed E-state index contributed by atoms with van der Waals surface area (Å²) in [4.78, 5) is 10.7. The van der Waals surface area contributed by atoms with Gasteiger partial charge in [0.2, 0.25) is 0 Å². The normalized spacial score (nSPS) is 10.6. The zero-order chi connectivity index (χ0) is 7.82. The third-order valence-electron chi connectivity index (χ3n) is 1.18. The molecule has 0 aliphatic rings. The molecule has 0 aliphatic carbocycles. The van der Waals surface area contributed by atoms with E-state index in [1.165, 1.54) is 0 Å². The van der Waals surface area contributed by atoms with Gasteiger partial charge in [-0.15, -0.1) is 0 Å². The van der Waals surface area contributed by atoms with Crippen LogP contribution < -0.4 is 0 Å². The molecule has 0 aromatic carbocycles. The number of rotatable bonds is 5. The van der Waals surface area contributed by atoms with Crippen molar-refractivity contribution >= 4 is 5.78 Å². The third kappa shape index (κ3) is 5.51. The molecule has 0 bridgehead atoms. The van der Waals surface area contributed by atoms with Crippen molar-refractivity contribution in [1.82, 2.24) is 0 Å². The van der Waals surface area contributed by atoms with Gasteiger partial charge < -0.3 is 5.11 Å². The summed E-state index contributed by atoms with van der Waals surface area (Å²) in [5.41, 5.74) is 0. The molecule has 0 fully saturated rings. The molecular weight excluding hydrogens is 128 g/mol. The molecule has 0 saturated carbocycles. The lowest BCUT2D eigenvalue weighted by Gasteiger charge is -1.92. The van der Waals surface area contributed by atoms with E-state index in [-0.39, 0.29) is 12.4 Å². The van der Waals surface area contributed by atoms with Crippen molar-refractivity contribution in [2.75, 3.05) is 6.61 Å². The zero-order valence-electron chi connectivity index (χ0n) is 6.34. The molecule has 10 heavy (non-hydrogen) atoms. The van der Waals surface area contributed by atoms with Crippen LogP contribution in [0, 0.1) is 0 Å². The van der Waals surface area contributed by atoms with Gasteiger partial charge >= 0.3 is 0 Å². The molecule has 0 radical (unpaired) electrons. The van der Waals surface area contributed by atoms with Gasteiger partial charge in [-0.2, -0.15) is 0 Å². The summed E-state index contributed by atoms with van der Waals surface area (Å²) in [5, 5.41) is 8.38. The standard InChI is InChI=1S/C8H14O2/c1-2-5-8(10)6-3-4-7-9/h2,5,9H,3-4,6-7H2,1H3/b5-2+. The van der Waals surface area contributed by atoms with Gasteiger partial charge in [0.05, 0.1) is 0 Å². The highest BCUT2D eigenvalue weighted by atomic mass is 16.2. The minimum absolute atomic E-state index is 0.149. The van der Waals surface area contributed by atoms with E-state index >= 15 is 0 Å². The van der Waals surface area contributed by atoms with E-state index in [2.05, 4.69) is 0 Å². The van der Waals surface area contributed by atoms with Crippen molar-refractivity contribution in [3.63, 3.8) is 0 Å². The molecule has 0 atom stereocenters. The monoisotopic (exact) mass is 142 g/mol. The summed E-state index contributed by atoms with van der Waals surface area (Å²) >= 11 is 0. The minimum atomic E-state index is 0.149. The molecule has 0 aromatic heterocycles. The molecule has 1 N–H and O–H groups in total. The number of allylic oxidation sites excluding steroid dienone is 2. The Bertz CT molecular complexity index is 116. The lowest BCUT2D eigenvalue weighted by Crippen LogP contribution is -1.93. The van der Waals surface area contributed by atoms with Gasteiger partial charge in [0.25, 0.3) is 0 Å². The summed E-state index contributed by atoms with van der Waals surface area (Å²) in [6.45, 7) is 2.01. The van der Waals surface area contributed by atoms with Crippen molar-refractivity contribution in [1.29, 1.82) is 0 Å². The highest BCUT2D eigenvalue weighted by Gasteiger charge is 1.93. The van der Waals surface area contributed by atoms with Crippen LogP contribution in [0.1, 0.15) is 26.2 Å². The summed E-state index contributed by atoms with van der Waals surface area (Å²) in [7, 11) is 0. The topological polar surface area (TPSA) is 37.3 Å². The summed E-state index contributed by atoms with van der Waals surface area (Å²) in [5.74, 6) is 0.149. The van der Waals surface area contributed by atoms with E-state index in [9.17, 15) is 4.79 Å². The molecule has 0 aliphatic heterocycles. The number of aliphatic hydroxyl groups is 1. The second-order valence-electron chi connectivity index (χ2n) is 2.15. The van der Waals surface area contributed by atoms with Crippen LogP contribution in [0.3, 0.4) is 0 Å². The van der Waals surface area contributed by atoms with Gasteiger partial charge in [-0.3, -0.25) is 4.79 Å². The predicted octanol–water partition coefficient (Wildman–Crippen LogP) is 1.29. The molecule has 0 rings (SSSR count). The second-order valence-corrected chi connectivity index (χ2v) is 2.15. The fraction of sp³-hybridized carbons (Fsp3) is 0.625. The number of hydrogen-bond donors (Lipinski definition) is 1. The fourth-order valence-electron chi connectivity index (χ4n) is 0.680. The molecule has 0 unspecified atom stereocenters. The Morgan fingerprint density at radius 1 is 1.50 bits per heavy atom. The highest BCUT2D eigenvalue weighted by Crippen LogP contribution is 1.95. The fourth-order valence-corrected chi connectivity index (χ4v) is 0.680. The van der Waals surface area contributed by atoms with Crippen molar-refractivity contribution in [2.45, 2.75) is 26.2 Å². The average molecular weight is 142 g/mol. The van der Waals surface area contributed by atoms with Crippen LogP contribution in [0.4, 0.5) is 0 Å². The van der Waals surface area contributed by atoms with Crippen molar-refractivity contribution in [3.05, 3.63) is 12.2 Å². The van der Waals surface area contributed by atoms with Crippen LogP contribution in [0.2, 0.25) is 0 Å². The van der Waals surface area contributed by atoms with Crippen LogP contribution in [-0.2, 0) is 4.79 Å². The van der Waals surface area contributed by atoms with Gasteiger partial charge in [-0.05, 0) is 25.8 Å². The largest absolute Gasteiger partial charge is 0.396 e. The maximum absolute atomic E-state index is 10.7.